The first kappa shape index (κ1) is 12.4. The number of rotatable bonds is 0. The van der Waals surface area contributed by atoms with E-state index in [9.17, 15) is 0 Å². The topological polar surface area (TPSA) is 29.0 Å². The van der Waals surface area contributed by atoms with E-state index >= 15 is 0 Å². The third kappa shape index (κ3) is 1.80. The van der Waals surface area contributed by atoms with Crippen molar-refractivity contribution in [2.24, 2.45) is 0 Å². The number of hydrogen-bond donors (Lipinski definition) is 0. The highest BCUT2D eigenvalue weighted by molar-refractivity contribution is 7.12. The van der Waals surface area contributed by atoms with Crippen LogP contribution in [-0.4, -0.2) is 18.1 Å². The predicted octanol–water partition coefficient (Wildman–Crippen LogP) is 3.71. The van der Waals surface area contributed by atoms with Crippen LogP contribution in [0, 0.1) is 0 Å². The summed E-state index contributed by atoms with van der Waals surface area (Å²) in [6, 6.07) is 14.8. The van der Waals surface area contributed by atoms with Gasteiger partial charge in [-0.25, -0.2) is 4.58 Å². The van der Waals surface area contributed by atoms with Crippen molar-refractivity contribution in [3.05, 3.63) is 47.3 Å². The molecule has 0 saturated carbocycles. The molecule has 0 radical (unpaired) electrons. The van der Waals surface area contributed by atoms with Gasteiger partial charge in [0.2, 0.25) is 0 Å². The van der Waals surface area contributed by atoms with Crippen LogP contribution in [0.1, 0.15) is 12.8 Å². The summed E-state index contributed by atoms with van der Waals surface area (Å²) in [4.78, 5) is 6.93. The van der Waals surface area contributed by atoms with Crippen LogP contribution in [0.25, 0.3) is 32.5 Å². The van der Waals surface area contributed by atoms with Gasteiger partial charge in [0.1, 0.15) is 10.5 Å². The Morgan fingerprint density at radius 2 is 1.86 bits per heavy atom. The molecule has 108 valence electrons. The quantitative estimate of drug-likeness (QED) is 0.366. The van der Waals surface area contributed by atoms with Crippen LogP contribution in [0.15, 0.2) is 46.9 Å². The van der Waals surface area contributed by atoms with Crippen LogP contribution < -0.4 is 9.38 Å². The van der Waals surface area contributed by atoms with Crippen molar-refractivity contribution < 1.29 is 4.42 Å². The lowest BCUT2D eigenvalue weighted by Crippen LogP contribution is -2.25. The van der Waals surface area contributed by atoms with Gasteiger partial charge in [-0.15, -0.1) is 0 Å². The zero-order valence-corrected chi connectivity index (χ0v) is 12.9. The molecular weight excluding hydrogens is 292 g/mol. The molecule has 4 heteroatoms. The molecule has 0 unspecified atom stereocenters. The van der Waals surface area contributed by atoms with Crippen LogP contribution >= 0.6 is 11.3 Å². The van der Waals surface area contributed by atoms with E-state index in [4.69, 9.17) is 9.40 Å². The summed E-state index contributed by atoms with van der Waals surface area (Å²) in [7, 11) is 0. The Bertz CT molecular complexity index is 1040. The largest absolute Gasteiger partial charge is 0.419 e. The Morgan fingerprint density at radius 3 is 2.77 bits per heavy atom. The number of fused-ring (bicyclic) bond motifs is 4. The fourth-order valence-corrected chi connectivity index (χ4v) is 4.25. The molecule has 2 aromatic carbocycles. The maximum Gasteiger partial charge on any atom is 0.382 e. The monoisotopic (exact) mass is 307 g/mol. The van der Waals surface area contributed by atoms with E-state index in [2.05, 4.69) is 41.0 Å². The van der Waals surface area contributed by atoms with Crippen LogP contribution in [0.5, 0.6) is 0 Å². The van der Waals surface area contributed by atoms with E-state index < -0.39 is 0 Å². The van der Waals surface area contributed by atoms with Crippen molar-refractivity contribution in [2.75, 3.05) is 13.1 Å². The van der Waals surface area contributed by atoms with Crippen molar-refractivity contribution in [1.29, 1.82) is 0 Å². The summed E-state index contributed by atoms with van der Waals surface area (Å²) >= 11 is 1.74. The molecule has 0 aromatic heterocycles. The average Bonchev–Trinajstić information content (AvgIpc) is 3.21. The van der Waals surface area contributed by atoms with Crippen LogP contribution in [0.4, 0.5) is 0 Å². The van der Waals surface area contributed by atoms with Gasteiger partial charge < -0.3 is 4.42 Å². The minimum Gasteiger partial charge on any atom is -0.419 e. The summed E-state index contributed by atoms with van der Waals surface area (Å²) in [5.41, 5.74) is 0.907. The van der Waals surface area contributed by atoms with E-state index in [0.29, 0.717) is 0 Å². The van der Waals surface area contributed by atoms with Gasteiger partial charge in [-0.1, -0.05) is 30.3 Å². The summed E-state index contributed by atoms with van der Waals surface area (Å²) in [5, 5.41) is 3.65. The number of aromatic nitrogens is 1. The van der Waals surface area contributed by atoms with E-state index in [0.717, 1.165) is 34.2 Å². The third-order valence-electron chi connectivity index (χ3n) is 4.40. The Balaban J connectivity index is 1.87. The normalized spacial score (nSPS) is 15.4. The molecule has 0 aliphatic carbocycles. The number of thiazole rings is 1. The molecule has 22 heavy (non-hydrogen) atoms. The second-order valence-corrected chi connectivity index (χ2v) is 6.81. The molecule has 3 nitrogen and oxygen atoms in total. The highest BCUT2D eigenvalue weighted by Gasteiger charge is 2.22. The fourth-order valence-electron chi connectivity index (χ4n) is 3.26. The summed E-state index contributed by atoms with van der Waals surface area (Å²) in [6.07, 6.45) is 2.53. The molecule has 5 rings (SSSR count). The molecular formula is C18H15N2OS+. The minimum atomic E-state index is 0.759. The van der Waals surface area contributed by atoms with Gasteiger partial charge in [0.15, 0.2) is 0 Å². The summed E-state index contributed by atoms with van der Waals surface area (Å²) in [6.45, 7) is 2.23. The number of nitrogens with zero attached hydrogens (tertiary/aromatic N) is 2. The molecule has 3 aliphatic heterocycles. The minimum absolute atomic E-state index is 0.759. The lowest BCUT2D eigenvalue weighted by atomic mass is 10.1. The molecule has 3 heterocycles. The summed E-state index contributed by atoms with van der Waals surface area (Å²) < 4.78 is 8.43. The SMILES string of the molecule is c1ccc2c(c1)ccc1oc3nc(=[N+]4CCCC4)sc-3cc12. The first-order valence-corrected chi connectivity index (χ1v) is 8.50. The highest BCUT2D eigenvalue weighted by atomic mass is 32.1. The van der Waals surface area contributed by atoms with Gasteiger partial charge in [-0.05, 0) is 47.1 Å². The van der Waals surface area contributed by atoms with Crippen LogP contribution in [0.2, 0.25) is 0 Å². The van der Waals surface area contributed by atoms with Gasteiger partial charge in [0.25, 0.3) is 0 Å². The first-order valence-electron chi connectivity index (χ1n) is 7.69. The van der Waals surface area contributed by atoms with Crippen LogP contribution in [0.3, 0.4) is 0 Å². The first-order chi connectivity index (χ1) is 10.9. The lowest BCUT2D eigenvalue weighted by Gasteiger charge is -2.03. The maximum atomic E-state index is 6.07. The Labute approximate surface area is 131 Å². The molecule has 2 aromatic rings. The highest BCUT2D eigenvalue weighted by Crippen LogP contribution is 2.32. The molecule has 0 bridgehead atoms. The fraction of sp³-hybridized carbons (Fsp3) is 0.222. The second kappa shape index (κ2) is 4.65. The van der Waals surface area contributed by atoms with Gasteiger partial charge in [0, 0.05) is 10.4 Å². The predicted molar refractivity (Wildman–Crippen MR) is 90.3 cm³/mol. The molecule has 0 atom stereocenters. The van der Waals surface area contributed by atoms with Gasteiger partial charge in [-0.3, -0.25) is 0 Å². The maximum absolute atomic E-state index is 6.07. The zero-order valence-electron chi connectivity index (χ0n) is 12.1. The van der Waals surface area contributed by atoms with Crippen molar-refractivity contribution in [1.82, 2.24) is 9.56 Å². The van der Waals surface area contributed by atoms with Crippen molar-refractivity contribution in [2.45, 2.75) is 12.8 Å². The smallest absolute Gasteiger partial charge is 0.382 e. The molecule has 1 saturated heterocycles. The second-order valence-electron chi connectivity index (χ2n) is 5.80. The molecule has 0 spiro atoms. The molecule has 1 fully saturated rings. The standard InChI is InChI=1S/C18H15N2OS/c1-2-6-13-12(5-1)7-8-15-14(13)11-16-17(21-15)19-18(22-16)20-9-3-4-10-20/h1-2,5-8,11H,3-4,9-10H2/q+1. The van der Waals surface area contributed by atoms with E-state index in [1.807, 2.05) is 6.07 Å². The zero-order chi connectivity index (χ0) is 14.5. The Kier molecular flexibility index (Phi) is 2.61. The number of benzene rings is 2. The Morgan fingerprint density at radius 1 is 1.00 bits per heavy atom. The molecule has 0 amide bonds. The van der Waals surface area contributed by atoms with E-state index in [1.165, 1.54) is 29.0 Å². The van der Waals surface area contributed by atoms with E-state index in [1.54, 1.807) is 11.3 Å². The average molecular weight is 307 g/mol. The number of hydrogen-bond acceptors (Lipinski definition) is 3. The Hall–Kier alpha value is -2.20. The lowest BCUT2D eigenvalue weighted by molar-refractivity contribution is 0.595. The molecule has 0 N–H and O–H groups in total. The molecule has 3 aliphatic rings. The van der Waals surface area contributed by atoms with Gasteiger partial charge in [0.05, 0.1) is 13.1 Å². The van der Waals surface area contributed by atoms with Crippen LogP contribution in [-0.2, 0) is 0 Å². The van der Waals surface area contributed by atoms with Gasteiger partial charge in [-0.2, -0.15) is 0 Å². The van der Waals surface area contributed by atoms with E-state index in [-0.39, 0.29) is 0 Å². The summed E-state index contributed by atoms with van der Waals surface area (Å²) in [5.74, 6) is 0.759. The third-order valence-corrected chi connectivity index (χ3v) is 5.44. The van der Waals surface area contributed by atoms with Crippen molar-refractivity contribution >= 4 is 33.1 Å². The van der Waals surface area contributed by atoms with Gasteiger partial charge >= 0.3 is 10.7 Å². The van der Waals surface area contributed by atoms with Crippen molar-refractivity contribution in [3.63, 3.8) is 0 Å². The van der Waals surface area contributed by atoms with Crippen molar-refractivity contribution in [3.8, 4) is 10.8 Å².